The van der Waals surface area contributed by atoms with Crippen LogP contribution in [0.1, 0.15) is 35.6 Å². The van der Waals surface area contributed by atoms with Crippen LogP contribution < -0.4 is 5.32 Å². The zero-order valence-corrected chi connectivity index (χ0v) is 13.0. The van der Waals surface area contributed by atoms with Gasteiger partial charge in [0.1, 0.15) is 0 Å². The summed E-state index contributed by atoms with van der Waals surface area (Å²) in [6, 6.07) is 4.97. The van der Waals surface area contributed by atoms with Crippen molar-refractivity contribution in [2.75, 3.05) is 0 Å². The largest absolute Gasteiger partial charge is 0.481 e. The number of aromatic nitrogens is 1. The molecule has 0 bridgehead atoms. The molecule has 2 rings (SSSR count). The molecule has 0 spiro atoms. The Kier molecular flexibility index (Phi) is 4.57. The number of carbonyl (C=O) groups is 2. The lowest BCUT2D eigenvalue weighted by molar-refractivity contribution is -0.137. The zero-order valence-electron chi connectivity index (χ0n) is 12.2. The van der Waals surface area contributed by atoms with Gasteiger partial charge in [0.25, 0.3) is 5.91 Å². The third-order valence-corrected chi connectivity index (χ3v) is 4.22. The normalized spacial score (nSPS) is 12.6. The molecule has 0 unspecified atom stereocenters. The third-order valence-electron chi connectivity index (χ3n) is 3.27. The van der Waals surface area contributed by atoms with Crippen molar-refractivity contribution in [2.45, 2.75) is 33.2 Å². The van der Waals surface area contributed by atoms with E-state index >= 15 is 0 Å². The van der Waals surface area contributed by atoms with E-state index in [4.69, 9.17) is 5.11 Å². The molecule has 21 heavy (non-hydrogen) atoms. The van der Waals surface area contributed by atoms with E-state index in [-0.39, 0.29) is 24.3 Å². The molecule has 1 atom stereocenters. The van der Waals surface area contributed by atoms with Crippen molar-refractivity contribution < 1.29 is 14.7 Å². The molecule has 0 aliphatic heterocycles. The minimum Gasteiger partial charge on any atom is -0.481 e. The summed E-state index contributed by atoms with van der Waals surface area (Å²) in [6.07, 6.45) is -0.0819. The predicted molar refractivity (Wildman–Crippen MR) is 82.7 cm³/mol. The number of fused-ring (bicyclic) bond motifs is 1. The summed E-state index contributed by atoms with van der Waals surface area (Å²) >= 11 is 1.58. The molecule has 5 nitrogen and oxygen atoms in total. The van der Waals surface area contributed by atoms with Crippen LogP contribution in [-0.2, 0) is 4.79 Å². The summed E-state index contributed by atoms with van der Waals surface area (Å²) < 4.78 is 1.04. The van der Waals surface area contributed by atoms with Crippen molar-refractivity contribution in [3.05, 3.63) is 28.8 Å². The Hall–Kier alpha value is -1.95. The second-order valence-corrected chi connectivity index (χ2v) is 6.57. The van der Waals surface area contributed by atoms with Crippen LogP contribution >= 0.6 is 11.3 Å². The molecular weight excluding hydrogens is 288 g/mol. The number of carboxylic acid groups (broad SMARTS) is 1. The quantitative estimate of drug-likeness (QED) is 0.890. The van der Waals surface area contributed by atoms with Crippen molar-refractivity contribution >= 4 is 33.4 Å². The summed E-state index contributed by atoms with van der Waals surface area (Å²) in [5, 5.41) is 12.6. The van der Waals surface area contributed by atoms with Gasteiger partial charge in [-0.25, -0.2) is 4.98 Å². The number of nitrogens with one attached hydrogen (secondary N) is 1. The molecule has 112 valence electrons. The zero-order chi connectivity index (χ0) is 15.6. The fourth-order valence-electron chi connectivity index (χ4n) is 2.08. The Labute approximate surface area is 127 Å². The van der Waals surface area contributed by atoms with Gasteiger partial charge in [-0.05, 0) is 31.0 Å². The van der Waals surface area contributed by atoms with E-state index in [2.05, 4.69) is 10.3 Å². The molecule has 2 N–H and O–H groups in total. The van der Waals surface area contributed by atoms with Crippen LogP contribution in [-0.4, -0.2) is 28.0 Å². The van der Waals surface area contributed by atoms with Crippen LogP contribution in [0, 0.1) is 12.8 Å². The second-order valence-electron chi connectivity index (χ2n) is 5.34. The van der Waals surface area contributed by atoms with E-state index in [9.17, 15) is 9.59 Å². The van der Waals surface area contributed by atoms with Crippen LogP contribution in [0.4, 0.5) is 0 Å². The highest BCUT2D eigenvalue weighted by molar-refractivity contribution is 7.18. The first-order valence-corrected chi connectivity index (χ1v) is 7.58. The lowest BCUT2D eigenvalue weighted by Gasteiger charge is -2.20. The van der Waals surface area contributed by atoms with Gasteiger partial charge < -0.3 is 10.4 Å². The van der Waals surface area contributed by atoms with Crippen molar-refractivity contribution in [1.29, 1.82) is 0 Å². The molecule has 0 aliphatic carbocycles. The number of aryl methyl sites for hydroxylation is 1. The molecule has 0 radical (unpaired) electrons. The smallest absolute Gasteiger partial charge is 0.305 e. The number of nitrogens with zero attached hydrogens (tertiary/aromatic N) is 1. The Bertz CT molecular complexity index is 679. The molecule has 2 aromatic rings. The molecule has 0 saturated heterocycles. The lowest BCUT2D eigenvalue weighted by Crippen LogP contribution is -2.40. The maximum absolute atomic E-state index is 12.3. The number of carboxylic acids is 1. The van der Waals surface area contributed by atoms with Crippen LogP contribution in [0.2, 0.25) is 0 Å². The minimum absolute atomic E-state index is 0.0512. The van der Waals surface area contributed by atoms with Gasteiger partial charge in [-0.15, -0.1) is 11.3 Å². The van der Waals surface area contributed by atoms with Gasteiger partial charge in [0.2, 0.25) is 0 Å². The van der Waals surface area contributed by atoms with E-state index < -0.39 is 5.97 Å². The first-order chi connectivity index (χ1) is 9.86. The molecule has 1 aromatic carbocycles. The van der Waals surface area contributed by atoms with Gasteiger partial charge in [-0.2, -0.15) is 0 Å². The van der Waals surface area contributed by atoms with E-state index in [0.717, 1.165) is 15.2 Å². The first kappa shape index (κ1) is 15.4. The van der Waals surface area contributed by atoms with Crippen LogP contribution in [0.15, 0.2) is 18.2 Å². The van der Waals surface area contributed by atoms with E-state index in [1.165, 1.54) is 0 Å². The highest BCUT2D eigenvalue weighted by Crippen LogP contribution is 2.22. The molecule has 1 amide bonds. The Morgan fingerprint density at radius 2 is 2.10 bits per heavy atom. The highest BCUT2D eigenvalue weighted by atomic mass is 32.1. The Morgan fingerprint density at radius 3 is 2.71 bits per heavy atom. The molecule has 1 heterocycles. The highest BCUT2D eigenvalue weighted by Gasteiger charge is 2.20. The standard InChI is InChI=1S/C15H18N2O3S/c1-8(2)11(7-14(18)19)17-15(20)10-4-5-13-12(6-10)16-9(3)21-13/h4-6,8,11H,7H2,1-3H3,(H,17,20)(H,18,19)/t11-/m1/s1. The van der Waals surface area contributed by atoms with Crippen molar-refractivity contribution in [1.82, 2.24) is 10.3 Å². The summed E-state index contributed by atoms with van der Waals surface area (Å²) in [4.78, 5) is 27.5. The Balaban J connectivity index is 2.18. The van der Waals surface area contributed by atoms with Crippen molar-refractivity contribution in [3.8, 4) is 0 Å². The van der Waals surface area contributed by atoms with Gasteiger partial charge in [0.15, 0.2) is 0 Å². The predicted octanol–water partition coefficient (Wildman–Crippen LogP) is 2.83. The minimum atomic E-state index is -0.917. The fourth-order valence-corrected chi connectivity index (χ4v) is 2.88. The topological polar surface area (TPSA) is 79.3 Å². The van der Waals surface area contributed by atoms with Gasteiger partial charge in [-0.3, -0.25) is 9.59 Å². The summed E-state index contributed by atoms with van der Waals surface area (Å²) in [7, 11) is 0. The van der Waals surface area contributed by atoms with Crippen LogP contribution in [0.5, 0.6) is 0 Å². The maximum atomic E-state index is 12.3. The fraction of sp³-hybridized carbons (Fsp3) is 0.400. The van der Waals surface area contributed by atoms with E-state index in [1.54, 1.807) is 23.5 Å². The van der Waals surface area contributed by atoms with Crippen molar-refractivity contribution in [3.63, 3.8) is 0 Å². The number of benzene rings is 1. The number of aliphatic carboxylic acids is 1. The summed E-state index contributed by atoms with van der Waals surface area (Å²) in [5.74, 6) is -1.13. The lowest BCUT2D eigenvalue weighted by atomic mass is 10.0. The van der Waals surface area contributed by atoms with Gasteiger partial charge in [0, 0.05) is 11.6 Å². The molecular formula is C15H18N2O3S. The average molecular weight is 306 g/mol. The summed E-state index contributed by atoms with van der Waals surface area (Å²) in [5.41, 5.74) is 1.30. The van der Waals surface area contributed by atoms with E-state index in [0.29, 0.717) is 5.56 Å². The average Bonchev–Trinajstić information content (AvgIpc) is 2.76. The maximum Gasteiger partial charge on any atom is 0.305 e. The van der Waals surface area contributed by atoms with Crippen molar-refractivity contribution in [2.24, 2.45) is 5.92 Å². The SMILES string of the molecule is Cc1nc2cc(C(=O)N[C@H](CC(=O)O)C(C)C)ccc2s1. The number of hydrogen-bond acceptors (Lipinski definition) is 4. The third kappa shape index (κ3) is 3.78. The Morgan fingerprint density at radius 1 is 1.38 bits per heavy atom. The first-order valence-electron chi connectivity index (χ1n) is 6.76. The summed E-state index contributed by atoms with van der Waals surface area (Å²) in [6.45, 7) is 5.70. The number of thiazole rings is 1. The van der Waals surface area contributed by atoms with Gasteiger partial charge in [-0.1, -0.05) is 13.8 Å². The van der Waals surface area contributed by atoms with Crippen LogP contribution in [0.25, 0.3) is 10.2 Å². The number of carbonyl (C=O) groups excluding carboxylic acids is 1. The molecule has 6 heteroatoms. The molecule has 0 aliphatic rings. The monoisotopic (exact) mass is 306 g/mol. The van der Waals surface area contributed by atoms with Crippen LogP contribution in [0.3, 0.4) is 0 Å². The second kappa shape index (κ2) is 6.22. The molecule has 1 aromatic heterocycles. The van der Waals surface area contributed by atoms with Gasteiger partial charge >= 0.3 is 5.97 Å². The van der Waals surface area contributed by atoms with Gasteiger partial charge in [0.05, 0.1) is 21.6 Å². The number of rotatable bonds is 5. The molecule has 0 saturated carbocycles. The number of amides is 1. The van der Waals surface area contributed by atoms with E-state index in [1.807, 2.05) is 26.8 Å². The molecule has 0 fully saturated rings. The number of hydrogen-bond donors (Lipinski definition) is 2.